The second-order valence-corrected chi connectivity index (χ2v) is 7.01. The molecule has 1 fully saturated rings. The van der Waals surface area contributed by atoms with E-state index in [0.717, 1.165) is 0 Å². The highest BCUT2D eigenvalue weighted by Gasteiger charge is 2.32. The minimum atomic E-state index is -3.06. The van der Waals surface area contributed by atoms with E-state index >= 15 is 0 Å². The summed E-state index contributed by atoms with van der Waals surface area (Å²) in [5, 5.41) is 13.3. The number of aromatic carboxylic acids is 1. The van der Waals surface area contributed by atoms with Crippen LogP contribution in [0.4, 0.5) is 0 Å². The molecule has 1 N–H and O–H groups in total. The summed E-state index contributed by atoms with van der Waals surface area (Å²) in [6, 6.07) is 3.23. The van der Waals surface area contributed by atoms with Gasteiger partial charge in [-0.05, 0) is 18.6 Å². The average molecular weight is 295 g/mol. The van der Waals surface area contributed by atoms with Gasteiger partial charge in [0.15, 0.2) is 9.84 Å². The third kappa shape index (κ3) is 2.11. The first-order valence-corrected chi connectivity index (χ1v) is 7.94. The van der Waals surface area contributed by atoms with E-state index in [0.29, 0.717) is 12.2 Å². The van der Waals surface area contributed by atoms with Gasteiger partial charge in [-0.15, -0.1) is 0 Å². The molecule has 2 aromatic heterocycles. The molecule has 0 spiro atoms. The largest absolute Gasteiger partial charge is 0.477 e. The summed E-state index contributed by atoms with van der Waals surface area (Å²) in [5.74, 6) is -0.571. The van der Waals surface area contributed by atoms with Gasteiger partial charge in [-0.25, -0.2) is 17.9 Å². The van der Waals surface area contributed by atoms with Gasteiger partial charge in [0.25, 0.3) is 0 Å². The second-order valence-electron chi connectivity index (χ2n) is 4.78. The Kier molecular flexibility index (Phi) is 2.89. The normalized spacial score (nSPS) is 21.1. The van der Waals surface area contributed by atoms with Crippen LogP contribution in [0.15, 0.2) is 30.7 Å². The lowest BCUT2D eigenvalue weighted by Crippen LogP contribution is -2.17. The number of nitrogens with zero attached hydrogens (tertiary/aromatic N) is 3. The van der Waals surface area contributed by atoms with E-state index in [-0.39, 0.29) is 23.1 Å². The standard InChI is InChI=1S/C12H13N3O4S/c16-12(17)10-7-13-15(9-3-6-20(18,19)8-9)11(10)14-4-1-2-5-14/h1-2,4-5,7,9H,3,6,8H2,(H,16,17). The molecule has 7 nitrogen and oxygen atoms in total. The second kappa shape index (κ2) is 4.48. The van der Waals surface area contributed by atoms with Crippen molar-refractivity contribution in [1.82, 2.24) is 14.3 Å². The Balaban J connectivity index is 2.11. The summed E-state index contributed by atoms with van der Waals surface area (Å²) in [4.78, 5) is 11.3. The van der Waals surface area contributed by atoms with E-state index in [2.05, 4.69) is 5.10 Å². The van der Waals surface area contributed by atoms with Crippen molar-refractivity contribution in [2.45, 2.75) is 12.5 Å². The molecule has 0 saturated carbocycles. The van der Waals surface area contributed by atoms with Crippen LogP contribution in [-0.4, -0.2) is 45.3 Å². The Labute approximate surface area is 115 Å². The van der Waals surface area contributed by atoms with Gasteiger partial charge in [-0.1, -0.05) is 0 Å². The Morgan fingerprint density at radius 1 is 1.35 bits per heavy atom. The van der Waals surface area contributed by atoms with E-state index in [1.165, 1.54) is 10.9 Å². The molecule has 3 rings (SSSR count). The maximum atomic E-state index is 11.6. The zero-order chi connectivity index (χ0) is 14.3. The molecule has 1 aliphatic rings. The lowest BCUT2D eigenvalue weighted by molar-refractivity contribution is 0.0696. The van der Waals surface area contributed by atoms with E-state index in [9.17, 15) is 18.3 Å². The number of carboxylic acids is 1. The Morgan fingerprint density at radius 2 is 2.05 bits per heavy atom. The van der Waals surface area contributed by atoms with Crippen LogP contribution in [0.2, 0.25) is 0 Å². The smallest absolute Gasteiger partial charge is 0.341 e. The summed E-state index contributed by atoms with van der Waals surface area (Å²) in [5.41, 5.74) is 0.0606. The number of aromatic nitrogens is 3. The number of hydrogen-bond donors (Lipinski definition) is 1. The van der Waals surface area contributed by atoms with Gasteiger partial charge >= 0.3 is 5.97 Å². The van der Waals surface area contributed by atoms with Crippen molar-refractivity contribution in [2.24, 2.45) is 0 Å². The van der Waals surface area contributed by atoms with E-state index in [1.807, 2.05) is 0 Å². The molecule has 0 bridgehead atoms. The van der Waals surface area contributed by atoms with Crippen LogP contribution < -0.4 is 0 Å². The SMILES string of the molecule is O=C(O)c1cnn(C2CCS(=O)(=O)C2)c1-n1cccc1. The molecule has 1 aliphatic heterocycles. The number of hydrogen-bond acceptors (Lipinski definition) is 4. The van der Waals surface area contributed by atoms with Crippen molar-refractivity contribution in [1.29, 1.82) is 0 Å². The molecule has 20 heavy (non-hydrogen) atoms. The molecule has 8 heteroatoms. The minimum absolute atomic E-state index is 0.00199. The average Bonchev–Trinajstić information content (AvgIpc) is 3.04. The zero-order valence-electron chi connectivity index (χ0n) is 10.5. The predicted octanol–water partition coefficient (Wildman–Crippen LogP) is 0.732. The van der Waals surface area contributed by atoms with E-state index in [1.54, 1.807) is 29.1 Å². The number of sulfone groups is 1. The molecular formula is C12H13N3O4S. The van der Waals surface area contributed by atoms with Crippen molar-refractivity contribution in [3.63, 3.8) is 0 Å². The maximum absolute atomic E-state index is 11.6. The number of carbonyl (C=O) groups is 1. The van der Waals surface area contributed by atoms with Crippen molar-refractivity contribution in [3.05, 3.63) is 36.3 Å². The monoisotopic (exact) mass is 295 g/mol. The summed E-state index contributed by atoms with van der Waals surface area (Å²) in [6.07, 6.45) is 5.15. The quantitative estimate of drug-likeness (QED) is 0.901. The van der Waals surface area contributed by atoms with Crippen LogP contribution in [-0.2, 0) is 9.84 Å². The highest BCUT2D eigenvalue weighted by atomic mass is 32.2. The molecule has 1 atom stereocenters. The van der Waals surface area contributed by atoms with Crippen molar-refractivity contribution in [2.75, 3.05) is 11.5 Å². The van der Waals surface area contributed by atoms with E-state index in [4.69, 9.17) is 0 Å². The van der Waals surface area contributed by atoms with Gasteiger partial charge in [0.2, 0.25) is 0 Å². The first-order chi connectivity index (χ1) is 9.48. The third-order valence-electron chi connectivity index (χ3n) is 3.40. The minimum Gasteiger partial charge on any atom is -0.477 e. The van der Waals surface area contributed by atoms with Gasteiger partial charge in [0, 0.05) is 12.4 Å². The Morgan fingerprint density at radius 3 is 2.60 bits per heavy atom. The molecule has 1 saturated heterocycles. The fourth-order valence-corrected chi connectivity index (χ4v) is 4.17. The molecule has 0 aliphatic carbocycles. The van der Waals surface area contributed by atoms with Gasteiger partial charge in [-0.3, -0.25) is 0 Å². The molecular weight excluding hydrogens is 282 g/mol. The van der Waals surface area contributed by atoms with Crippen LogP contribution in [0.5, 0.6) is 0 Å². The Hall–Kier alpha value is -2.09. The van der Waals surface area contributed by atoms with Gasteiger partial charge in [0.05, 0.1) is 23.7 Å². The molecule has 0 radical (unpaired) electrons. The lowest BCUT2D eigenvalue weighted by atomic mass is 10.2. The molecule has 0 aromatic carbocycles. The lowest BCUT2D eigenvalue weighted by Gasteiger charge is -2.14. The van der Waals surface area contributed by atoms with Gasteiger partial charge < -0.3 is 9.67 Å². The fraction of sp³-hybridized carbons (Fsp3) is 0.333. The van der Waals surface area contributed by atoms with Crippen LogP contribution in [0.1, 0.15) is 22.8 Å². The fourth-order valence-electron chi connectivity index (χ4n) is 2.48. The molecule has 0 amide bonds. The molecule has 2 aromatic rings. The molecule has 106 valence electrons. The highest BCUT2D eigenvalue weighted by Crippen LogP contribution is 2.27. The summed E-state index contributed by atoms with van der Waals surface area (Å²) >= 11 is 0. The zero-order valence-corrected chi connectivity index (χ0v) is 11.3. The third-order valence-corrected chi connectivity index (χ3v) is 5.15. The molecule has 1 unspecified atom stereocenters. The summed E-state index contributed by atoms with van der Waals surface area (Å²) in [6.45, 7) is 0. The predicted molar refractivity (Wildman–Crippen MR) is 70.8 cm³/mol. The maximum Gasteiger partial charge on any atom is 0.341 e. The Bertz CT molecular complexity index is 746. The van der Waals surface area contributed by atoms with Crippen molar-refractivity contribution in [3.8, 4) is 5.82 Å². The summed E-state index contributed by atoms with van der Waals surface area (Å²) < 4.78 is 26.3. The topological polar surface area (TPSA) is 94.2 Å². The summed E-state index contributed by atoms with van der Waals surface area (Å²) in [7, 11) is -3.06. The van der Waals surface area contributed by atoms with Gasteiger partial charge in [-0.2, -0.15) is 5.10 Å². The van der Waals surface area contributed by atoms with Crippen LogP contribution in [0.3, 0.4) is 0 Å². The van der Waals surface area contributed by atoms with Crippen molar-refractivity contribution < 1.29 is 18.3 Å². The van der Waals surface area contributed by atoms with Crippen LogP contribution >= 0.6 is 0 Å². The highest BCUT2D eigenvalue weighted by molar-refractivity contribution is 7.91. The van der Waals surface area contributed by atoms with Crippen LogP contribution in [0, 0.1) is 0 Å². The number of carboxylic acid groups (broad SMARTS) is 1. The van der Waals surface area contributed by atoms with E-state index < -0.39 is 15.8 Å². The van der Waals surface area contributed by atoms with Crippen LogP contribution in [0.25, 0.3) is 5.82 Å². The first kappa shape index (κ1) is 12.9. The van der Waals surface area contributed by atoms with Gasteiger partial charge in [0.1, 0.15) is 11.4 Å². The van der Waals surface area contributed by atoms with Crippen molar-refractivity contribution >= 4 is 15.8 Å². The number of rotatable bonds is 3. The first-order valence-electron chi connectivity index (χ1n) is 6.12. The molecule has 3 heterocycles.